The van der Waals surface area contributed by atoms with Crippen LogP contribution in [0, 0.1) is 0 Å². The smallest absolute Gasteiger partial charge is 0.315 e. The van der Waals surface area contributed by atoms with Crippen molar-refractivity contribution in [3.05, 3.63) is 48.6 Å². The van der Waals surface area contributed by atoms with Crippen LogP contribution >= 0.6 is 11.8 Å². The normalized spacial score (nSPS) is 19.4. The predicted octanol–water partition coefficient (Wildman–Crippen LogP) is 6.12. The van der Waals surface area contributed by atoms with Gasteiger partial charge in [-0.2, -0.15) is 11.8 Å². The maximum atomic E-state index is 12.0. The van der Waals surface area contributed by atoms with Gasteiger partial charge in [-0.1, -0.05) is 74.8 Å². The van der Waals surface area contributed by atoms with E-state index >= 15 is 0 Å². The van der Waals surface area contributed by atoms with Crippen LogP contribution in [-0.2, 0) is 19.1 Å². The lowest BCUT2D eigenvalue weighted by Gasteiger charge is -2.16. The van der Waals surface area contributed by atoms with Crippen molar-refractivity contribution < 1.29 is 23.9 Å². The van der Waals surface area contributed by atoms with Gasteiger partial charge >= 0.3 is 6.03 Å². The second-order valence-corrected chi connectivity index (χ2v) is 13.0. The molecule has 2 heterocycles. The van der Waals surface area contributed by atoms with Gasteiger partial charge in [0.25, 0.3) is 0 Å². The number of fused-ring (bicyclic) bond motifs is 1. The van der Waals surface area contributed by atoms with Crippen molar-refractivity contribution in [2.24, 2.45) is 0 Å². The number of carbonyl (C=O) groups is 3. The van der Waals surface area contributed by atoms with Crippen LogP contribution in [0.15, 0.2) is 48.6 Å². The minimum Gasteiger partial charge on any atom is -0.377 e. The molecule has 2 rings (SSSR count). The van der Waals surface area contributed by atoms with Crippen LogP contribution in [-0.4, -0.2) is 80.4 Å². The Morgan fingerprint density at radius 1 is 0.739 bits per heavy atom. The van der Waals surface area contributed by atoms with Gasteiger partial charge in [-0.05, 0) is 57.8 Å². The van der Waals surface area contributed by atoms with Crippen LogP contribution in [0.2, 0.25) is 0 Å². The zero-order chi connectivity index (χ0) is 32.9. The highest BCUT2D eigenvalue weighted by molar-refractivity contribution is 8.00. The van der Waals surface area contributed by atoms with Crippen molar-refractivity contribution in [2.75, 3.05) is 45.3 Å². The van der Waals surface area contributed by atoms with Crippen molar-refractivity contribution in [3.63, 3.8) is 0 Å². The van der Waals surface area contributed by atoms with E-state index in [0.29, 0.717) is 57.6 Å². The first-order valence-corrected chi connectivity index (χ1v) is 18.6. The topological polar surface area (TPSA) is 118 Å². The number of hydrogen-bond donors (Lipinski definition) is 4. The molecular formula is C36H60N4O5S. The van der Waals surface area contributed by atoms with E-state index in [4.69, 9.17) is 9.47 Å². The molecule has 0 aliphatic carbocycles. The number of rotatable bonds is 28. The predicted molar refractivity (Wildman–Crippen MR) is 190 cm³/mol. The third kappa shape index (κ3) is 20.5. The van der Waals surface area contributed by atoms with Crippen molar-refractivity contribution in [2.45, 2.75) is 114 Å². The van der Waals surface area contributed by atoms with Gasteiger partial charge in [0.05, 0.1) is 38.5 Å². The Balaban J connectivity index is 1.27. The van der Waals surface area contributed by atoms with Gasteiger partial charge in [0.1, 0.15) is 0 Å². The summed E-state index contributed by atoms with van der Waals surface area (Å²) in [6.07, 6.45) is 31.3. The number of urea groups is 1. The molecule has 9 nitrogen and oxygen atoms in total. The van der Waals surface area contributed by atoms with E-state index in [1.165, 1.54) is 25.7 Å². The summed E-state index contributed by atoms with van der Waals surface area (Å²) in [5, 5.41) is 12.2. The lowest BCUT2D eigenvalue weighted by atomic mass is 10.0. The number of hydrogen-bond acceptors (Lipinski definition) is 6. The molecule has 260 valence electrons. The number of allylic oxidation sites excluding steroid dienone is 8. The molecular weight excluding hydrogens is 600 g/mol. The molecule has 0 aromatic heterocycles. The molecule has 3 atom stereocenters. The molecule has 46 heavy (non-hydrogen) atoms. The van der Waals surface area contributed by atoms with E-state index in [2.05, 4.69) is 76.8 Å². The van der Waals surface area contributed by atoms with Crippen LogP contribution < -0.4 is 21.3 Å². The van der Waals surface area contributed by atoms with Crippen LogP contribution in [0.1, 0.15) is 96.8 Å². The molecule has 0 aromatic rings. The highest BCUT2D eigenvalue weighted by atomic mass is 32.2. The molecule has 2 saturated heterocycles. The van der Waals surface area contributed by atoms with Crippen LogP contribution in [0.4, 0.5) is 4.79 Å². The first-order chi connectivity index (χ1) is 22.6. The van der Waals surface area contributed by atoms with E-state index in [1.807, 2.05) is 11.8 Å². The van der Waals surface area contributed by atoms with E-state index in [-0.39, 0.29) is 29.9 Å². The molecule has 10 heteroatoms. The summed E-state index contributed by atoms with van der Waals surface area (Å²) >= 11 is 1.90. The summed E-state index contributed by atoms with van der Waals surface area (Å²) < 4.78 is 11.0. The highest BCUT2D eigenvalue weighted by Crippen LogP contribution is 2.33. The SMILES string of the molecule is CCCCC/C=C/C/C=C/C/C=C/C/C=C/CCCC(=O)NCCOCCOCCNC(=O)CCCC[C@@H]1SC[C@@H]2NC(=O)N[C@@H]21. The molecule has 0 bridgehead atoms. The van der Waals surface area contributed by atoms with Crippen molar-refractivity contribution >= 4 is 29.6 Å². The van der Waals surface area contributed by atoms with E-state index in [1.54, 1.807) is 0 Å². The molecule has 0 unspecified atom stereocenters. The van der Waals surface area contributed by atoms with Gasteiger partial charge in [0.15, 0.2) is 0 Å². The Labute approximate surface area is 282 Å². The molecule has 0 aromatic carbocycles. The Kier molecular flexibility index (Phi) is 23.7. The Hall–Kier alpha value is -2.56. The van der Waals surface area contributed by atoms with Crippen molar-refractivity contribution in [1.82, 2.24) is 21.3 Å². The molecule has 2 fully saturated rings. The minimum absolute atomic E-state index is 0.0440. The number of ether oxygens (including phenoxy) is 2. The van der Waals surface area contributed by atoms with Crippen molar-refractivity contribution in [1.29, 1.82) is 0 Å². The zero-order valence-corrected chi connectivity index (χ0v) is 29.0. The Bertz CT molecular complexity index is 955. The first-order valence-electron chi connectivity index (χ1n) is 17.6. The highest BCUT2D eigenvalue weighted by Gasteiger charge is 2.42. The average Bonchev–Trinajstić information content (AvgIpc) is 3.60. The molecule has 4 N–H and O–H groups in total. The quantitative estimate of drug-likeness (QED) is 0.0456. The van der Waals surface area contributed by atoms with Crippen LogP contribution in [0.5, 0.6) is 0 Å². The third-order valence-corrected chi connectivity index (χ3v) is 9.33. The fourth-order valence-corrected chi connectivity index (χ4v) is 6.78. The Morgan fingerprint density at radius 3 is 1.91 bits per heavy atom. The van der Waals surface area contributed by atoms with Crippen LogP contribution in [0.3, 0.4) is 0 Å². The summed E-state index contributed by atoms with van der Waals surface area (Å²) in [4.78, 5) is 35.5. The van der Waals surface area contributed by atoms with Crippen molar-refractivity contribution in [3.8, 4) is 0 Å². The largest absolute Gasteiger partial charge is 0.377 e. The number of nitrogens with one attached hydrogen (secondary N) is 4. The third-order valence-electron chi connectivity index (χ3n) is 7.82. The summed E-state index contributed by atoms with van der Waals surface area (Å²) in [5.41, 5.74) is 0. The first kappa shape index (κ1) is 39.6. The minimum atomic E-state index is -0.0576. The number of amides is 4. The van der Waals surface area contributed by atoms with E-state index in [0.717, 1.165) is 57.1 Å². The lowest BCUT2D eigenvalue weighted by molar-refractivity contribution is -0.122. The second-order valence-electron chi connectivity index (χ2n) is 11.8. The second kappa shape index (κ2) is 27.5. The fourth-order valence-electron chi connectivity index (χ4n) is 5.24. The van der Waals surface area contributed by atoms with E-state index in [9.17, 15) is 14.4 Å². The molecule has 0 radical (unpaired) electrons. The van der Waals surface area contributed by atoms with Gasteiger partial charge in [0.2, 0.25) is 11.8 Å². The summed E-state index contributed by atoms with van der Waals surface area (Å²) in [5.74, 6) is 1.06. The lowest BCUT2D eigenvalue weighted by Crippen LogP contribution is -2.36. The average molecular weight is 661 g/mol. The number of unbranched alkanes of at least 4 members (excludes halogenated alkanes) is 5. The molecule has 0 saturated carbocycles. The molecule has 2 aliphatic heterocycles. The molecule has 2 aliphatic rings. The van der Waals surface area contributed by atoms with E-state index < -0.39 is 0 Å². The standard InChI is InChI=1S/C36H60N4O5S/c1-2-3-4-5-6-7-8-9-10-11-12-13-14-15-16-17-18-22-33(41)37-24-26-44-28-29-45-27-25-38-34(42)23-20-19-21-32-35-31(30-46-32)39-36(43)40-35/h6-7,9-10,12-13,15-16,31-32,35H,2-5,8,11,14,17-30H2,1H3,(H,37,41)(H,38,42)(H2,39,40,43)/b7-6+,10-9+,13-12+,16-15+/t31-,32-,35-/m0/s1. The summed E-state index contributed by atoms with van der Waals surface area (Å²) in [6, 6.07) is 0.417. The van der Waals surface area contributed by atoms with Gasteiger partial charge in [-0.15, -0.1) is 0 Å². The summed E-state index contributed by atoms with van der Waals surface area (Å²) in [6.45, 7) is 5.00. The maximum Gasteiger partial charge on any atom is 0.315 e. The zero-order valence-electron chi connectivity index (χ0n) is 28.1. The molecule has 0 spiro atoms. The summed E-state index contributed by atoms with van der Waals surface area (Å²) in [7, 11) is 0. The van der Waals surface area contributed by atoms with Gasteiger partial charge < -0.3 is 30.7 Å². The monoisotopic (exact) mass is 660 g/mol. The van der Waals surface area contributed by atoms with Gasteiger partial charge in [0, 0.05) is 36.9 Å². The number of carbonyl (C=O) groups excluding carboxylic acids is 3. The maximum absolute atomic E-state index is 12.0. The molecule has 4 amide bonds. The van der Waals surface area contributed by atoms with Gasteiger partial charge in [-0.3, -0.25) is 9.59 Å². The fraction of sp³-hybridized carbons (Fsp3) is 0.694. The number of thioether (sulfide) groups is 1. The Morgan fingerprint density at radius 2 is 1.30 bits per heavy atom. The van der Waals surface area contributed by atoms with Crippen LogP contribution in [0.25, 0.3) is 0 Å². The van der Waals surface area contributed by atoms with Gasteiger partial charge in [-0.25, -0.2) is 4.79 Å².